The molecule has 0 radical (unpaired) electrons. The Bertz CT molecular complexity index is 428. The van der Waals surface area contributed by atoms with Crippen molar-refractivity contribution >= 4 is 5.91 Å². The second-order valence-corrected chi connectivity index (χ2v) is 4.53. The first kappa shape index (κ1) is 12.7. The van der Waals surface area contributed by atoms with Gasteiger partial charge < -0.3 is 20.8 Å². The van der Waals surface area contributed by atoms with Gasteiger partial charge in [0.25, 0.3) is 5.91 Å². The number of carbonyl (C=O) groups excluding carboxylic acids is 1. The minimum atomic E-state index is -0.369. The zero-order valence-electron chi connectivity index (χ0n) is 10.1. The van der Waals surface area contributed by atoms with Gasteiger partial charge in [0.1, 0.15) is 0 Å². The molecule has 1 saturated heterocycles. The van der Waals surface area contributed by atoms with Gasteiger partial charge in [-0.2, -0.15) is 0 Å². The number of hydrogen-bond donors (Lipinski definition) is 4. The molecule has 1 aliphatic rings. The predicted molar refractivity (Wildman–Crippen MR) is 67.7 cm³/mol. The summed E-state index contributed by atoms with van der Waals surface area (Å²) in [5.41, 5.74) is 0.103. The summed E-state index contributed by atoms with van der Waals surface area (Å²) in [6.07, 6.45) is 3.40. The molecule has 0 bridgehead atoms. The summed E-state index contributed by atoms with van der Waals surface area (Å²) < 4.78 is 0. The summed E-state index contributed by atoms with van der Waals surface area (Å²) in [5, 5.41) is 25.0. The van der Waals surface area contributed by atoms with Crippen molar-refractivity contribution < 1.29 is 15.0 Å². The van der Waals surface area contributed by atoms with Crippen LogP contribution in [-0.2, 0) is 0 Å². The third-order valence-corrected chi connectivity index (χ3v) is 3.18. The van der Waals surface area contributed by atoms with Crippen molar-refractivity contribution in [3.05, 3.63) is 23.8 Å². The van der Waals surface area contributed by atoms with Crippen LogP contribution in [0.4, 0.5) is 0 Å². The van der Waals surface area contributed by atoms with Crippen molar-refractivity contribution in [1.29, 1.82) is 0 Å². The Morgan fingerprint density at radius 1 is 1.39 bits per heavy atom. The molecule has 2 rings (SSSR count). The first-order chi connectivity index (χ1) is 8.68. The summed E-state index contributed by atoms with van der Waals surface area (Å²) in [7, 11) is 0. The quantitative estimate of drug-likeness (QED) is 0.603. The van der Waals surface area contributed by atoms with Crippen LogP contribution in [-0.4, -0.2) is 35.3 Å². The summed E-state index contributed by atoms with van der Waals surface area (Å²) in [5.74, 6) is -1.01. The highest BCUT2D eigenvalue weighted by molar-refractivity contribution is 5.97. The van der Waals surface area contributed by atoms with Gasteiger partial charge in [0.2, 0.25) is 0 Å². The zero-order chi connectivity index (χ0) is 13.0. The van der Waals surface area contributed by atoms with Gasteiger partial charge in [0.05, 0.1) is 5.56 Å². The second kappa shape index (κ2) is 5.73. The van der Waals surface area contributed by atoms with Gasteiger partial charge in [-0.05, 0) is 31.5 Å². The number of phenols is 2. The van der Waals surface area contributed by atoms with Crippen molar-refractivity contribution in [3.63, 3.8) is 0 Å². The van der Waals surface area contributed by atoms with Crippen LogP contribution in [0.5, 0.6) is 11.5 Å². The minimum Gasteiger partial charge on any atom is -0.504 e. The first-order valence-electron chi connectivity index (χ1n) is 6.21. The van der Waals surface area contributed by atoms with Crippen LogP contribution < -0.4 is 10.6 Å². The molecule has 0 spiro atoms. The molecule has 1 aromatic carbocycles. The third kappa shape index (κ3) is 2.92. The second-order valence-electron chi connectivity index (χ2n) is 4.53. The fourth-order valence-electron chi connectivity index (χ4n) is 2.12. The van der Waals surface area contributed by atoms with Crippen LogP contribution in [0.1, 0.15) is 29.6 Å². The molecule has 1 heterocycles. The Balaban J connectivity index is 1.93. The smallest absolute Gasteiger partial charge is 0.255 e. The summed E-state index contributed by atoms with van der Waals surface area (Å²) >= 11 is 0. The largest absolute Gasteiger partial charge is 0.504 e. The van der Waals surface area contributed by atoms with Gasteiger partial charge in [-0.3, -0.25) is 4.79 Å². The normalized spacial score (nSPS) is 19.4. The highest BCUT2D eigenvalue weighted by Crippen LogP contribution is 2.27. The van der Waals surface area contributed by atoms with E-state index >= 15 is 0 Å². The molecule has 1 fully saturated rings. The molecule has 0 aromatic heterocycles. The molecule has 5 heteroatoms. The number of hydrogen-bond acceptors (Lipinski definition) is 4. The van der Waals surface area contributed by atoms with E-state index in [-0.39, 0.29) is 23.0 Å². The number of phenolic OH excluding ortho intramolecular Hbond substituents is 2. The highest BCUT2D eigenvalue weighted by atomic mass is 16.3. The molecule has 0 aliphatic carbocycles. The minimum absolute atomic E-state index is 0.103. The van der Waals surface area contributed by atoms with Gasteiger partial charge in [-0.1, -0.05) is 12.5 Å². The lowest BCUT2D eigenvalue weighted by Gasteiger charge is -2.23. The maximum atomic E-state index is 11.9. The number of aromatic hydroxyl groups is 2. The van der Waals surface area contributed by atoms with Gasteiger partial charge in [0, 0.05) is 12.6 Å². The lowest BCUT2D eigenvalue weighted by Crippen LogP contribution is -2.43. The van der Waals surface area contributed by atoms with Gasteiger partial charge in [0.15, 0.2) is 11.5 Å². The van der Waals surface area contributed by atoms with Crippen molar-refractivity contribution in [3.8, 4) is 11.5 Å². The molecule has 0 saturated carbocycles. The van der Waals surface area contributed by atoms with E-state index in [0.717, 1.165) is 13.0 Å². The number of piperidine rings is 1. The van der Waals surface area contributed by atoms with Crippen molar-refractivity contribution in [2.75, 3.05) is 13.1 Å². The Labute approximate surface area is 106 Å². The molecule has 4 N–H and O–H groups in total. The van der Waals surface area contributed by atoms with Crippen LogP contribution >= 0.6 is 0 Å². The Hall–Kier alpha value is -1.75. The summed E-state index contributed by atoms with van der Waals surface area (Å²) in [6.45, 7) is 1.52. The van der Waals surface area contributed by atoms with Crippen LogP contribution in [0.2, 0.25) is 0 Å². The van der Waals surface area contributed by atoms with E-state index in [1.54, 1.807) is 0 Å². The Morgan fingerprint density at radius 2 is 2.22 bits per heavy atom. The number of carbonyl (C=O) groups is 1. The summed E-state index contributed by atoms with van der Waals surface area (Å²) in [6, 6.07) is 4.65. The molecular weight excluding hydrogens is 232 g/mol. The van der Waals surface area contributed by atoms with Crippen molar-refractivity contribution in [1.82, 2.24) is 10.6 Å². The van der Waals surface area contributed by atoms with E-state index in [1.165, 1.54) is 31.0 Å². The van der Waals surface area contributed by atoms with Crippen LogP contribution in [0.25, 0.3) is 0 Å². The number of amides is 1. The summed E-state index contributed by atoms with van der Waals surface area (Å²) in [4.78, 5) is 11.9. The van der Waals surface area contributed by atoms with Crippen LogP contribution in [0, 0.1) is 0 Å². The van der Waals surface area contributed by atoms with Gasteiger partial charge >= 0.3 is 0 Å². The fraction of sp³-hybridized carbons (Fsp3) is 0.462. The molecule has 1 unspecified atom stereocenters. The Morgan fingerprint density at radius 3 is 2.94 bits per heavy atom. The standard InChI is InChI=1S/C13H18N2O3/c16-11-6-3-5-10(12(11)17)13(18)15-8-9-4-1-2-7-14-9/h3,5-6,9,14,16-17H,1-2,4,7-8H2,(H,15,18). The van der Waals surface area contributed by atoms with E-state index in [1.807, 2.05) is 0 Å². The molecule has 1 aromatic rings. The molecule has 5 nitrogen and oxygen atoms in total. The average molecular weight is 250 g/mol. The Kier molecular flexibility index (Phi) is 4.04. The van der Waals surface area contributed by atoms with E-state index < -0.39 is 0 Å². The van der Waals surface area contributed by atoms with Gasteiger partial charge in [-0.25, -0.2) is 0 Å². The molecule has 1 aliphatic heterocycles. The number of benzene rings is 1. The number of nitrogens with one attached hydrogen (secondary N) is 2. The lowest BCUT2D eigenvalue weighted by atomic mass is 10.0. The zero-order valence-corrected chi connectivity index (χ0v) is 10.1. The van der Waals surface area contributed by atoms with Gasteiger partial charge in [-0.15, -0.1) is 0 Å². The van der Waals surface area contributed by atoms with E-state index in [0.29, 0.717) is 12.6 Å². The average Bonchev–Trinajstić information content (AvgIpc) is 2.40. The lowest BCUT2D eigenvalue weighted by molar-refractivity contribution is 0.0944. The monoisotopic (exact) mass is 250 g/mol. The maximum absolute atomic E-state index is 11.9. The fourth-order valence-corrected chi connectivity index (χ4v) is 2.12. The molecule has 98 valence electrons. The SMILES string of the molecule is O=C(NCC1CCCCN1)c1cccc(O)c1O. The maximum Gasteiger partial charge on any atom is 0.255 e. The highest BCUT2D eigenvalue weighted by Gasteiger charge is 2.17. The van der Waals surface area contributed by atoms with E-state index in [4.69, 9.17) is 0 Å². The molecule has 1 amide bonds. The van der Waals surface area contributed by atoms with Crippen LogP contribution in [0.15, 0.2) is 18.2 Å². The van der Waals surface area contributed by atoms with E-state index in [9.17, 15) is 15.0 Å². The number of para-hydroxylation sites is 1. The molecule has 1 atom stereocenters. The topological polar surface area (TPSA) is 81.6 Å². The van der Waals surface area contributed by atoms with E-state index in [2.05, 4.69) is 10.6 Å². The first-order valence-corrected chi connectivity index (χ1v) is 6.21. The number of rotatable bonds is 3. The molecule has 18 heavy (non-hydrogen) atoms. The van der Waals surface area contributed by atoms with Crippen molar-refractivity contribution in [2.45, 2.75) is 25.3 Å². The van der Waals surface area contributed by atoms with Crippen molar-refractivity contribution in [2.24, 2.45) is 0 Å². The third-order valence-electron chi connectivity index (χ3n) is 3.18. The predicted octanol–water partition coefficient (Wildman–Crippen LogP) is 0.970. The van der Waals surface area contributed by atoms with Crippen LogP contribution in [0.3, 0.4) is 0 Å². The molecular formula is C13H18N2O3.